The average molecular weight is 598 g/mol. The highest BCUT2D eigenvalue weighted by molar-refractivity contribution is 6.30. The summed E-state index contributed by atoms with van der Waals surface area (Å²) in [5, 5.41) is 20.9. The molecule has 4 rings (SSSR count). The molecule has 43 heavy (non-hydrogen) atoms. The molecule has 2 aliphatic rings. The lowest BCUT2D eigenvalue weighted by Crippen LogP contribution is -2.61. The Kier molecular flexibility index (Phi) is 8.90. The van der Waals surface area contributed by atoms with Crippen molar-refractivity contribution in [1.29, 1.82) is 0 Å². The fourth-order valence-corrected chi connectivity index (χ4v) is 4.85. The van der Waals surface area contributed by atoms with E-state index in [0.29, 0.717) is 0 Å². The lowest BCUT2D eigenvalue weighted by atomic mass is 9.82. The van der Waals surface area contributed by atoms with Crippen LogP contribution >= 0.6 is 0 Å². The summed E-state index contributed by atoms with van der Waals surface area (Å²) in [6.45, 7) is 3.95. The number of aromatic hydroxyl groups is 2. The number of esters is 4. The van der Waals surface area contributed by atoms with Crippen LogP contribution < -0.4 is 0 Å². The molecule has 2 aromatic rings. The van der Waals surface area contributed by atoms with Crippen LogP contribution in [0, 0.1) is 0 Å². The Morgan fingerprint density at radius 2 is 1.44 bits per heavy atom. The molecule has 14 nitrogen and oxygen atoms in total. The van der Waals surface area contributed by atoms with Crippen LogP contribution in [0.5, 0.6) is 11.5 Å². The third-order valence-corrected chi connectivity index (χ3v) is 6.47. The molecule has 0 saturated carbocycles. The first-order valence-electron chi connectivity index (χ1n) is 12.9. The average Bonchev–Trinajstić information content (AvgIpc) is 2.90. The first-order chi connectivity index (χ1) is 20.3. The summed E-state index contributed by atoms with van der Waals surface area (Å²) < 4.78 is 26.9. The van der Waals surface area contributed by atoms with Gasteiger partial charge in [-0.1, -0.05) is 12.1 Å². The summed E-state index contributed by atoms with van der Waals surface area (Å²) in [4.78, 5) is 78.1. The molecule has 0 spiro atoms. The zero-order valence-corrected chi connectivity index (χ0v) is 23.4. The largest absolute Gasteiger partial charge is 0.507 e. The number of hydrogen-bond acceptors (Lipinski definition) is 14. The lowest BCUT2D eigenvalue weighted by Gasteiger charge is -2.42. The summed E-state index contributed by atoms with van der Waals surface area (Å²) in [6.07, 6.45) is -4.40. The van der Waals surface area contributed by atoms with Crippen LogP contribution in [0.2, 0.25) is 0 Å². The smallest absolute Gasteiger partial charge is 0.305 e. The van der Waals surface area contributed by atoms with Crippen molar-refractivity contribution in [2.24, 2.45) is 4.99 Å². The molecule has 1 aliphatic carbocycles. The second kappa shape index (κ2) is 12.4. The summed E-state index contributed by atoms with van der Waals surface area (Å²) in [6, 6.07) is 5.07. The van der Waals surface area contributed by atoms with Crippen LogP contribution in [-0.2, 0) is 42.9 Å². The fraction of sp³-hybridized carbons (Fsp3) is 0.345. The summed E-state index contributed by atoms with van der Waals surface area (Å²) >= 11 is 0. The van der Waals surface area contributed by atoms with Gasteiger partial charge in [0, 0.05) is 45.0 Å². The van der Waals surface area contributed by atoms with E-state index in [4.69, 9.17) is 23.7 Å². The highest BCUT2D eigenvalue weighted by Gasteiger charge is 2.51. The highest BCUT2D eigenvalue weighted by Crippen LogP contribution is 2.37. The molecule has 2 N–H and O–H groups in total. The van der Waals surface area contributed by atoms with Gasteiger partial charge in [-0.3, -0.25) is 33.8 Å². The van der Waals surface area contributed by atoms with Crippen molar-refractivity contribution in [3.05, 3.63) is 58.1 Å². The molecule has 1 aliphatic heterocycles. The quantitative estimate of drug-likeness (QED) is 0.225. The summed E-state index contributed by atoms with van der Waals surface area (Å²) in [5.41, 5.74) is -0.646. The van der Waals surface area contributed by atoms with E-state index in [-0.39, 0.29) is 27.8 Å². The summed E-state index contributed by atoms with van der Waals surface area (Å²) in [5.74, 6) is -5.46. The number of rotatable bonds is 7. The molecule has 2 aromatic carbocycles. The monoisotopic (exact) mass is 597 g/mol. The van der Waals surface area contributed by atoms with Gasteiger partial charge >= 0.3 is 23.9 Å². The minimum atomic E-state index is -1.53. The predicted molar refractivity (Wildman–Crippen MR) is 143 cm³/mol. The number of aliphatic imine (C=N–C) groups is 1. The van der Waals surface area contributed by atoms with Gasteiger partial charge in [-0.25, -0.2) is 0 Å². The van der Waals surface area contributed by atoms with Crippen molar-refractivity contribution in [2.45, 2.75) is 58.3 Å². The minimum Gasteiger partial charge on any atom is -0.507 e. The number of phenols is 2. The van der Waals surface area contributed by atoms with Gasteiger partial charge in [0.25, 0.3) is 0 Å². The minimum absolute atomic E-state index is 0.0560. The van der Waals surface area contributed by atoms with Gasteiger partial charge < -0.3 is 33.9 Å². The molecule has 0 bridgehead atoms. The number of hydrogen-bond donors (Lipinski definition) is 2. The number of benzene rings is 2. The second-order valence-electron chi connectivity index (χ2n) is 9.69. The third kappa shape index (κ3) is 6.54. The Bertz CT molecular complexity index is 1550. The summed E-state index contributed by atoms with van der Waals surface area (Å²) in [7, 11) is 0. The third-order valence-electron chi connectivity index (χ3n) is 6.47. The highest BCUT2D eigenvalue weighted by atomic mass is 16.7. The zero-order chi connectivity index (χ0) is 31.6. The maximum atomic E-state index is 13.2. The van der Waals surface area contributed by atoms with Gasteiger partial charge in [-0.15, -0.1) is 0 Å². The second-order valence-corrected chi connectivity index (χ2v) is 9.69. The van der Waals surface area contributed by atoms with E-state index in [9.17, 15) is 39.0 Å². The molecule has 0 amide bonds. The Labute approximate surface area is 244 Å². The Balaban J connectivity index is 1.76. The number of phenolic OH excluding ortho intramolecular Hbond substituents is 2. The Hall–Kier alpha value is -5.11. The van der Waals surface area contributed by atoms with Gasteiger partial charge in [0.15, 0.2) is 24.0 Å². The number of carbonyl (C=O) groups is 6. The molecular weight excluding hydrogens is 570 g/mol. The van der Waals surface area contributed by atoms with Crippen LogP contribution in [0.1, 0.15) is 65.1 Å². The zero-order valence-electron chi connectivity index (χ0n) is 23.4. The molecule has 1 saturated heterocycles. The number of ketones is 2. The van der Waals surface area contributed by atoms with Crippen LogP contribution in [-0.4, -0.2) is 89.1 Å². The molecule has 1 unspecified atom stereocenters. The molecule has 1 heterocycles. The van der Waals surface area contributed by atoms with Crippen molar-refractivity contribution < 1.29 is 62.7 Å². The topological polar surface area (TPSA) is 201 Å². The van der Waals surface area contributed by atoms with Crippen LogP contribution in [0.4, 0.5) is 0 Å². The van der Waals surface area contributed by atoms with Gasteiger partial charge in [0.2, 0.25) is 12.1 Å². The van der Waals surface area contributed by atoms with Gasteiger partial charge in [0.05, 0.1) is 11.1 Å². The molecule has 5 atom stereocenters. The van der Waals surface area contributed by atoms with Crippen molar-refractivity contribution in [3.8, 4) is 11.5 Å². The van der Waals surface area contributed by atoms with E-state index in [1.807, 2.05) is 0 Å². The molecule has 0 radical (unpaired) electrons. The van der Waals surface area contributed by atoms with Crippen molar-refractivity contribution >= 4 is 41.7 Å². The van der Waals surface area contributed by atoms with E-state index in [1.54, 1.807) is 0 Å². The molecule has 14 heteroatoms. The van der Waals surface area contributed by atoms with Crippen LogP contribution in [0.25, 0.3) is 0 Å². The van der Waals surface area contributed by atoms with Crippen molar-refractivity contribution in [3.63, 3.8) is 0 Å². The fourth-order valence-electron chi connectivity index (χ4n) is 4.85. The molecule has 0 aromatic heterocycles. The van der Waals surface area contributed by atoms with E-state index < -0.39 is 84.2 Å². The number of nitrogens with zero attached hydrogens (tertiary/aromatic N) is 1. The molecule has 226 valence electrons. The SMILES string of the molecule is CC(=O)OC[C@H]1OC(OC(C)=O)[C@H](N=Cc2cc(O)c3c(c2)C(=O)c2cccc(O)c2C3=O)[C@@H](OC(C)=O)[C@@H]1OC(C)=O. The molecule has 1 fully saturated rings. The number of ether oxygens (including phenoxy) is 5. The van der Waals surface area contributed by atoms with Gasteiger partial charge in [0.1, 0.15) is 24.2 Å². The van der Waals surface area contributed by atoms with Gasteiger partial charge in [-0.2, -0.15) is 0 Å². The maximum Gasteiger partial charge on any atom is 0.305 e. The first kappa shape index (κ1) is 30.8. The normalized spacial score (nSPS) is 22.7. The Morgan fingerprint density at radius 3 is 2.07 bits per heavy atom. The lowest BCUT2D eigenvalue weighted by molar-refractivity contribution is -0.266. The van der Waals surface area contributed by atoms with Gasteiger partial charge in [-0.05, 0) is 23.8 Å². The van der Waals surface area contributed by atoms with E-state index in [0.717, 1.165) is 40.0 Å². The standard InChI is InChI=1S/C29H27NO13/c1-12(31)39-11-21-27(40-13(2)32)28(41-14(3)33)24(29(43-21)42-15(4)34)30-10-16-8-18-23(20(36)9-16)26(38)22-17(25(18)37)6-5-7-19(22)35/h5-10,21,24,27-29,35-36H,11H2,1-4H3/t21-,24-,27-,28-,29?/m1/s1. The van der Waals surface area contributed by atoms with E-state index in [1.165, 1.54) is 24.3 Å². The first-order valence-corrected chi connectivity index (χ1v) is 12.9. The van der Waals surface area contributed by atoms with Crippen LogP contribution in [0.3, 0.4) is 0 Å². The van der Waals surface area contributed by atoms with Crippen molar-refractivity contribution in [1.82, 2.24) is 0 Å². The predicted octanol–water partition coefficient (Wildman–Crippen LogP) is 1.38. The number of fused-ring (bicyclic) bond motifs is 2. The Morgan fingerprint density at radius 1 is 0.814 bits per heavy atom. The van der Waals surface area contributed by atoms with Crippen molar-refractivity contribution in [2.75, 3.05) is 6.61 Å². The maximum absolute atomic E-state index is 13.2. The number of carbonyl (C=O) groups excluding carboxylic acids is 6. The molecular formula is C29H27NO13. The van der Waals surface area contributed by atoms with Crippen LogP contribution in [0.15, 0.2) is 35.3 Å². The van der Waals surface area contributed by atoms with E-state index in [2.05, 4.69) is 4.99 Å². The van der Waals surface area contributed by atoms with E-state index >= 15 is 0 Å².